The molecule has 1 atom stereocenters. The Kier molecular flexibility index (Phi) is 4.40. The maximum absolute atomic E-state index is 9.52. The van der Waals surface area contributed by atoms with Crippen molar-refractivity contribution in [1.29, 1.82) is 0 Å². The number of halogens is 1. The first-order valence-electron chi connectivity index (χ1n) is 6.09. The van der Waals surface area contributed by atoms with Gasteiger partial charge in [-0.15, -0.1) is 0 Å². The molecule has 1 aromatic rings. The molecule has 94 valence electrons. The van der Waals surface area contributed by atoms with Crippen LogP contribution in [0.2, 0.25) is 5.02 Å². The molecule has 3 N–H and O–H groups in total. The van der Waals surface area contributed by atoms with Gasteiger partial charge in [0.05, 0.1) is 6.10 Å². The van der Waals surface area contributed by atoms with Gasteiger partial charge in [0.1, 0.15) is 0 Å². The fourth-order valence-corrected chi connectivity index (χ4v) is 2.68. The fraction of sp³-hybridized carbons (Fsp3) is 0.538. The van der Waals surface area contributed by atoms with E-state index in [1.54, 1.807) is 0 Å². The second-order valence-corrected chi connectivity index (χ2v) is 4.95. The van der Waals surface area contributed by atoms with Crippen molar-refractivity contribution in [1.82, 2.24) is 4.90 Å². The van der Waals surface area contributed by atoms with Crippen LogP contribution in [0, 0.1) is 0 Å². The van der Waals surface area contributed by atoms with Crippen LogP contribution in [0.15, 0.2) is 24.3 Å². The minimum absolute atomic E-state index is 0.157. The topological polar surface area (TPSA) is 49.5 Å². The smallest absolute Gasteiger partial charge is 0.0564 e. The highest BCUT2D eigenvalue weighted by Crippen LogP contribution is 2.28. The van der Waals surface area contributed by atoms with Gasteiger partial charge in [-0.25, -0.2) is 0 Å². The second kappa shape index (κ2) is 5.83. The molecule has 4 heteroatoms. The van der Waals surface area contributed by atoms with Crippen molar-refractivity contribution < 1.29 is 5.11 Å². The lowest BCUT2D eigenvalue weighted by Gasteiger charge is -2.36. The van der Waals surface area contributed by atoms with Gasteiger partial charge < -0.3 is 10.8 Å². The van der Waals surface area contributed by atoms with Crippen molar-refractivity contribution in [2.45, 2.75) is 25.0 Å². The van der Waals surface area contributed by atoms with Crippen molar-refractivity contribution in [3.63, 3.8) is 0 Å². The molecule has 17 heavy (non-hydrogen) atoms. The van der Waals surface area contributed by atoms with Crippen LogP contribution in [0.3, 0.4) is 0 Å². The van der Waals surface area contributed by atoms with Crippen molar-refractivity contribution in [3.8, 4) is 0 Å². The highest BCUT2D eigenvalue weighted by molar-refractivity contribution is 6.31. The van der Waals surface area contributed by atoms with Crippen LogP contribution in [-0.2, 0) is 0 Å². The standard InChI is InChI=1S/C13H19ClN2O/c14-12-4-2-1-3-11(12)13(9-15)16-7-5-10(17)6-8-16/h1-4,10,13,17H,5-9,15H2. The molecule has 0 aromatic heterocycles. The molecule has 1 heterocycles. The molecule has 0 bridgehead atoms. The van der Waals surface area contributed by atoms with Crippen LogP contribution < -0.4 is 5.73 Å². The molecule has 1 aliphatic heterocycles. The lowest BCUT2D eigenvalue weighted by atomic mass is 10.0. The summed E-state index contributed by atoms with van der Waals surface area (Å²) < 4.78 is 0. The van der Waals surface area contributed by atoms with Gasteiger partial charge in [-0.1, -0.05) is 29.8 Å². The minimum Gasteiger partial charge on any atom is -0.393 e. The van der Waals surface area contributed by atoms with Gasteiger partial charge >= 0.3 is 0 Å². The highest BCUT2D eigenvalue weighted by atomic mass is 35.5. The molecular weight excluding hydrogens is 236 g/mol. The number of nitrogens with zero attached hydrogens (tertiary/aromatic N) is 1. The zero-order chi connectivity index (χ0) is 12.3. The molecule has 0 spiro atoms. The highest BCUT2D eigenvalue weighted by Gasteiger charge is 2.25. The Bertz CT molecular complexity index is 364. The molecule has 1 saturated heterocycles. The summed E-state index contributed by atoms with van der Waals surface area (Å²) in [6, 6.07) is 8.02. The fourth-order valence-electron chi connectivity index (χ4n) is 2.42. The maximum Gasteiger partial charge on any atom is 0.0564 e. The Labute approximate surface area is 107 Å². The number of rotatable bonds is 3. The molecule has 0 amide bonds. The molecule has 1 unspecified atom stereocenters. The van der Waals surface area contributed by atoms with E-state index in [-0.39, 0.29) is 12.1 Å². The lowest BCUT2D eigenvalue weighted by molar-refractivity contribution is 0.0622. The summed E-state index contributed by atoms with van der Waals surface area (Å²) in [5.41, 5.74) is 6.97. The third kappa shape index (κ3) is 2.99. The molecule has 0 radical (unpaired) electrons. The second-order valence-electron chi connectivity index (χ2n) is 4.54. The third-order valence-corrected chi connectivity index (χ3v) is 3.77. The Morgan fingerprint density at radius 1 is 1.35 bits per heavy atom. The largest absolute Gasteiger partial charge is 0.393 e. The van der Waals surface area contributed by atoms with Gasteiger partial charge in [0.25, 0.3) is 0 Å². The van der Waals surface area contributed by atoms with Gasteiger partial charge in [0.15, 0.2) is 0 Å². The molecule has 1 aliphatic rings. The van der Waals surface area contributed by atoms with Crippen LogP contribution in [0.4, 0.5) is 0 Å². The number of aliphatic hydroxyl groups is 1. The van der Waals surface area contributed by atoms with Gasteiger partial charge in [0, 0.05) is 30.7 Å². The van der Waals surface area contributed by atoms with Gasteiger partial charge in [0.2, 0.25) is 0 Å². The lowest BCUT2D eigenvalue weighted by Crippen LogP contribution is -2.41. The van der Waals surface area contributed by atoms with E-state index in [1.807, 2.05) is 24.3 Å². The van der Waals surface area contributed by atoms with Crippen LogP contribution in [-0.4, -0.2) is 35.7 Å². The Balaban J connectivity index is 2.14. The predicted octanol–water partition coefficient (Wildman–Crippen LogP) is 1.80. The van der Waals surface area contributed by atoms with Crippen molar-refractivity contribution in [3.05, 3.63) is 34.9 Å². The van der Waals surface area contributed by atoms with E-state index in [9.17, 15) is 5.11 Å². The summed E-state index contributed by atoms with van der Waals surface area (Å²) in [4.78, 5) is 2.31. The number of likely N-dealkylation sites (tertiary alicyclic amines) is 1. The number of hydrogen-bond acceptors (Lipinski definition) is 3. The Hall–Kier alpha value is -0.610. The summed E-state index contributed by atoms with van der Waals surface area (Å²) in [5.74, 6) is 0. The molecule has 3 nitrogen and oxygen atoms in total. The average molecular weight is 255 g/mol. The predicted molar refractivity (Wildman–Crippen MR) is 70.1 cm³/mol. The first-order valence-corrected chi connectivity index (χ1v) is 6.46. The van der Waals surface area contributed by atoms with Gasteiger partial charge in [-0.05, 0) is 24.5 Å². The average Bonchev–Trinajstić information content (AvgIpc) is 2.35. The maximum atomic E-state index is 9.52. The van der Waals surface area contributed by atoms with E-state index >= 15 is 0 Å². The molecule has 0 aliphatic carbocycles. The number of nitrogens with two attached hydrogens (primary N) is 1. The number of aliphatic hydroxyl groups excluding tert-OH is 1. The van der Waals surface area contributed by atoms with Crippen LogP contribution >= 0.6 is 11.6 Å². The summed E-state index contributed by atoms with van der Waals surface area (Å²) in [6.45, 7) is 2.32. The third-order valence-electron chi connectivity index (χ3n) is 3.43. The van der Waals surface area contributed by atoms with E-state index in [2.05, 4.69) is 4.90 Å². The van der Waals surface area contributed by atoms with E-state index in [4.69, 9.17) is 17.3 Å². The molecule has 1 aromatic carbocycles. The first-order chi connectivity index (χ1) is 8.22. The Morgan fingerprint density at radius 3 is 2.59 bits per heavy atom. The van der Waals surface area contributed by atoms with E-state index in [0.29, 0.717) is 6.54 Å². The number of benzene rings is 1. The van der Waals surface area contributed by atoms with Crippen molar-refractivity contribution in [2.24, 2.45) is 5.73 Å². The summed E-state index contributed by atoms with van der Waals surface area (Å²) in [6.07, 6.45) is 1.48. The first kappa shape index (κ1) is 12.8. The molecule has 0 saturated carbocycles. The monoisotopic (exact) mass is 254 g/mol. The number of piperidine rings is 1. The minimum atomic E-state index is -0.157. The van der Waals surface area contributed by atoms with Crippen molar-refractivity contribution >= 4 is 11.6 Å². The summed E-state index contributed by atoms with van der Waals surface area (Å²) >= 11 is 6.21. The molecule has 1 fully saturated rings. The summed E-state index contributed by atoms with van der Waals surface area (Å²) in [7, 11) is 0. The van der Waals surface area contributed by atoms with E-state index in [1.165, 1.54) is 0 Å². The van der Waals surface area contributed by atoms with Gasteiger partial charge in [-0.2, -0.15) is 0 Å². The Morgan fingerprint density at radius 2 is 2.00 bits per heavy atom. The normalized spacial score (nSPS) is 20.4. The van der Waals surface area contributed by atoms with Crippen molar-refractivity contribution in [2.75, 3.05) is 19.6 Å². The zero-order valence-corrected chi connectivity index (χ0v) is 10.6. The van der Waals surface area contributed by atoms with Crippen LogP contribution in [0.25, 0.3) is 0 Å². The van der Waals surface area contributed by atoms with E-state index < -0.39 is 0 Å². The molecular formula is C13H19ClN2O. The van der Waals surface area contributed by atoms with Crippen LogP contribution in [0.1, 0.15) is 24.4 Å². The summed E-state index contributed by atoms with van der Waals surface area (Å²) in [5, 5.41) is 10.3. The van der Waals surface area contributed by atoms with Crippen LogP contribution in [0.5, 0.6) is 0 Å². The molecule has 2 rings (SSSR count). The quantitative estimate of drug-likeness (QED) is 0.865. The van der Waals surface area contributed by atoms with E-state index in [0.717, 1.165) is 36.5 Å². The van der Waals surface area contributed by atoms with Gasteiger partial charge in [-0.3, -0.25) is 4.90 Å². The number of hydrogen-bond donors (Lipinski definition) is 2. The zero-order valence-electron chi connectivity index (χ0n) is 9.85. The SMILES string of the molecule is NCC(c1ccccc1Cl)N1CCC(O)CC1.